The molecule has 0 aliphatic heterocycles. The average molecular weight is 268 g/mol. The summed E-state index contributed by atoms with van der Waals surface area (Å²) in [6.07, 6.45) is 0.0859. The zero-order valence-electron chi connectivity index (χ0n) is 11.2. The minimum absolute atomic E-state index is 0.0859. The number of anilines is 1. The summed E-state index contributed by atoms with van der Waals surface area (Å²) in [5.74, 6) is -1.33. The first-order chi connectivity index (χ1) is 8.86. The van der Waals surface area contributed by atoms with Crippen LogP contribution < -0.4 is 5.73 Å². The Bertz CT molecular complexity index is 480. The Morgan fingerprint density at radius 3 is 2.58 bits per heavy atom. The van der Waals surface area contributed by atoms with E-state index in [1.807, 2.05) is 0 Å². The van der Waals surface area contributed by atoms with Crippen LogP contribution in [0, 0.1) is 12.7 Å². The Balaban J connectivity index is 2.80. The van der Waals surface area contributed by atoms with Gasteiger partial charge in [0.2, 0.25) is 0 Å². The van der Waals surface area contributed by atoms with Crippen molar-refractivity contribution in [1.29, 1.82) is 0 Å². The minimum atomic E-state index is -0.523. The molecule has 0 spiro atoms. The van der Waals surface area contributed by atoms with Gasteiger partial charge < -0.3 is 15.4 Å². The van der Waals surface area contributed by atoms with E-state index < -0.39 is 17.7 Å². The number of esters is 1. The monoisotopic (exact) mass is 268 g/mol. The van der Waals surface area contributed by atoms with Crippen molar-refractivity contribution >= 4 is 17.6 Å². The lowest BCUT2D eigenvalue weighted by Crippen LogP contribution is -2.29. The molecule has 0 bridgehead atoms. The molecule has 6 heteroatoms. The summed E-state index contributed by atoms with van der Waals surface area (Å²) in [5.41, 5.74) is 6.32. The Morgan fingerprint density at radius 2 is 2.05 bits per heavy atom. The van der Waals surface area contributed by atoms with Crippen molar-refractivity contribution in [2.75, 3.05) is 26.4 Å². The number of carbonyl (C=O) groups excluding carboxylic acids is 2. The van der Waals surface area contributed by atoms with E-state index in [0.29, 0.717) is 5.56 Å². The molecule has 2 N–H and O–H groups in total. The molecule has 0 saturated heterocycles. The number of hydrogen-bond acceptors (Lipinski definition) is 4. The van der Waals surface area contributed by atoms with Crippen LogP contribution in [-0.4, -0.2) is 37.5 Å². The number of ether oxygens (including phenoxy) is 1. The standard InChI is InChI=1S/C13H17FN2O3/c1-8-10(14)6-9(7-11(8)15)13(18)16(2)5-4-12(17)19-3/h6-7H,4-5,15H2,1-3H3. The van der Waals surface area contributed by atoms with E-state index in [0.717, 1.165) is 6.07 Å². The second-order valence-electron chi connectivity index (χ2n) is 4.23. The summed E-state index contributed by atoms with van der Waals surface area (Å²) >= 11 is 0. The number of amides is 1. The molecule has 1 rings (SSSR count). The van der Waals surface area contributed by atoms with Crippen LogP contribution in [0.4, 0.5) is 10.1 Å². The molecule has 0 aromatic heterocycles. The summed E-state index contributed by atoms with van der Waals surface area (Å²) < 4.78 is 18.0. The molecule has 0 unspecified atom stereocenters. The predicted octanol–water partition coefficient (Wildman–Crippen LogP) is 1.35. The molecule has 0 radical (unpaired) electrons. The van der Waals surface area contributed by atoms with E-state index in [2.05, 4.69) is 4.74 Å². The maximum Gasteiger partial charge on any atom is 0.307 e. The lowest BCUT2D eigenvalue weighted by atomic mass is 10.1. The number of nitrogens with zero attached hydrogens (tertiary/aromatic N) is 1. The number of nitrogen functional groups attached to an aromatic ring is 1. The van der Waals surface area contributed by atoms with E-state index in [4.69, 9.17) is 5.73 Å². The number of hydrogen-bond donors (Lipinski definition) is 1. The van der Waals surface area contributed by atoms with Crippen LogP contribution in [0.5, 0.6) is 0 Å². The number of halogens is 1. The van der Waals surface area contributed by atoms with Gasteiger partial charge in [0.25, 0.3) is 5.91 Å². The highest BCUT2D eigenvalue weighted by atomic mass is 19.1. The summed E-state index contributed by atoms with van der Waals surface area (Å²) in [6, 6.07) is 2.57. The lowest BCUT2D eigenvalue weighted by molar-refractivity contribution is -0.140. The molecule has 104 valence electrons. The van der Waals surface area contributed by atoms with Crippen molar-refractivity contribution in [3.05, 3.63) is 29.1 Å². The molecule has 0 saturated carbocycles. The fourth-order valence-corrected chi connectivity index (χ4v) is 1.51. The van der Waals surface area contributed by atoms with Crippen LogP contribution in [0.15, 0.2) is 12.1 Å². The highest BCUT2D eigenvalue weighted by molar-refractivity contribution is 5.95. The van der Waals surface area contributed by atoms with Gasteiger partial charge in [-0.2, -0.15) is 0 Å². The van der Waals surface area contributed by atoms with Crippen molar-refractivity contribution in [3.63, 3.8) is 0 Å². The van der Waals surface area contributed by atoms with Crippen molar-refractivity contribution in [2.45, 2.75) is 13.3 Å². The van der Waals surface area contributed by atoms with E-state index in [1.54, 1.807) is 6.92 Å². The van der Waals surface area contributed by atoms with E-state index >= 15 is 0 Å². The van der Waals surface area contributed by atoms with Gasteiger partial charge in [0.05, 0.1) is 13.5 Å². The second kappa shape index (κ2) is 6.17. The smallest absolute Gasteiger partial charge is 0.307 e. The Kier molecular flexibility index (Phi) is 4.86. The molecular weight excluding hydrogens is 251 g/mol. The molecule has 1 amide bonds. The van der Waals surface area contributed by atoms with Crippen LogP contribution in [0.3, 0.4) is 0 Å². The molecule has 1 aromatic carbocycles. The number of nitrogens with two attached hydrogens (primary N) is 1. The summed E-state index contributed by atoms with van der Waals surface area (Å²) in [7, 11) is 2.80. The molecule has 0 heterocycles. The molecule has 0 fully saturated rings. The number of rotatable bonds is 4. The Labute approximate surface area is 111 Å². The molecule has 5 nitrogen and oxygen atoms in total. The van der Waals surface area contributed by atoms with Crippen molar-refractivity contribution in [1.82, 2.24) is 4.90 Å². The van der Waals surface area contributed by atoms with Crippen LogP contribution in [0.25, 0.3) is 0 Å². The highest BCUT2D eigenvalue weighted by Crippen LogP contribution is 2.18. The highest BCUT2D eigenvalue weighted by Gasteiger charge is 2.16. The average Bonchev–Trinajstić information content (AvgIpc) is 2.40. The predicted molar refractivity (Wildman–Crippen MR) is 69.1 cm³/mol. The quantitative estimate of drug-likeness (QED) is 0.661. The minimum Gasteiger partial charge on any atom is -0.469 e. The number of benzene rings is 1. The molecule has 19 heavy (non-hydrogen) atoms. The third-order valence-electron chi connectivity index (χ3n) is 2.86. The summed E-state index contributed by atoms with van der Waals surface area (Å²) in [6.45, 7) is 1.74. The van der Waals surface area contributed by atoms with Gasteiger partial charge in [0.15, 0.2) is 0 Å². The Morgan fingerprint density at radius 1 is 1.42 bits per heavy atom. The van der Waals surface area contributed by atoms with E-state index in [1.165, 1.54) is 25.1 Å². The van der Waals surface area contributed by atoms with Crippen LogP contribution in [0.2, 0.25) is 0 Å². The Hall–Kier alpha value is -2.11. The molecule has 1 aromatic rings. The van der Waals surface area contributed by atoms with Gasteiger partial charge in [0, 0.05) is 30.4 Å². The molecule has 0 atom stereocenters. The fourth-order valence-electron chi connectivity index (χ4n) is 1.51. The number of carbonyl (C=O) groups is 2. The SMILES string of the molecule is COC(=O)CCN(C)C(=O)c1cc(N)c(C)c(F)c1. The first-order valence-corrected chi connectivity index (χ1v) is 5.74. The molecule has 0 aliphatic rings. The van der Waals surface area contributed by atoms with Crippen molar-refractivity contribution < 1.29 is 18.7 Å². The first-order valence-electron chi connectivity index (χ1n) is 5.74. The normalized spacial score (nSPS) is 10.1. The van der Waals surface area contributed by atoms with Crippen LogP contribution >= 0.6 is 0 Å². The summed E-state index contributed by atoms with van der Waals surface area (Å²) in [5, 5.41) is 0. The van der Waals surface area contributed by atoms with Crippen molar-refractivity contribution in [3.8, 4) is 0 Å². The molecule has 0 aliphatic carbocycles. The van der Waals surface area contributed by atoms with E-state index in [9.17, 15) is 14.0 Å². The van der Waals surface area contributed by atoms with Crippen LogP contribution in [-0.2, 0) is 9.53 Å². The first kappa shape index (κ1) is 14.9. The second-order valence-corrected chi connectivity index (χ2v) is 4.23. The zero-order valence-corrected chi connectivity index (χ0v) is 11.2. The van der Waals surface area contributed by atoms with Gasteiger partial charge >= 0.3 is 5.97 Å². The summed E-state index contributed by atoms with van der Waals surface area (Å²) in [4.78, 5) is 24.3. The van der Waals surface area contributed by atoms with E-state index in [-0.39, 0.29) is 24.2 Å². The van der Waals surface area contributed by atoms with Gasteiger partial charge in [-0.1, -0.05) is 0 Å². The maximum atomic E-state index is 13.5. The third-order valence-corrected chi connectivity index (χ3v) is 2.86. The topological polar surface area (TPSA) is 72.6 Å². The van der Waals surface area contributed by atoms with Gasteiger partial charge in [0.1, 0.15) is 5.82 Å². The van der Waals surface area contributed by atoms with Gasteiger partial charge in [-0.3, -0.25) is 9.59 Å². The van der Waals surface area contributed by atoms with Gasteiger partial charge in [-0.05, 0) is 19.1 Å². The van der Waals surface area contributed by atoms with Crippen LogP contribution in [0.1, 0.15) is 22.3 Å². The lowest BCUT2D eigenvalue weighted by Gasteiger charge is -2.17. The van der Waals surface area contributed by atoms with Gasteiger partial charge in [-0.25, -0.2) is 4.39 Å². The van der Waals surface area contributed by atoms with Crippen molar-refractivity contribution in [2.24, 2.45) is 0 Å². The largest absolute Gasteiger partial charge is 0.469 e. The van der Waals surface area contributed by atoms with Gasteiger partial charge in [-0.15, -0.1) is 0 Å². The zero-order chi connectivity index (χ0) is 14.6. The fraction of sp³-hybridized carbons (Fsp3) is 0.385. The molecular formula is C13H17FN2O3. The maximum absolute atomic E-state index is 13.5. The third kappa shape index (κ3) is 3.67. The number of methoxy groups -OCH3 is 1.